The first-order valence-electron chi connectivity index (χ1n) is 5.12. The van der Waals surface area contributed by atoms with Crippen LogP contribution in [0.5, 0.6) is 0 Å². The average molecular weight is 187 g/mol. The molecule has 4 nitrogen and oxygen atoms in total. The van der Waals surface area contributed by atoms with Crippen molar-refractivity contribution in [3.05, 3.63) is 0 Å². The van der Waals surface area contributed by atoms with Crippen LogP contribution < -0.4 is 5.73 Å². The molecule has 0 radical (unpaired) electrons. The molecule has 1 heterocycles. The van der Waals surface area contributed by atoms with Gasteiger partial charge in [0, 0.05) is 52.4 Å². The van der Waals surface area contributed by atoms with Crippen LogP contribution >= 0.6 is 0 Å². The molecule has 0 saturated carbocycles. The van der Waals surface area contributed by atoms with E-state index in [0.717, 1.165) is 52.2 Å². The molecule has 1 aliphatic heterocycles. The Morgan fingerprint density at radius 1 is 1.00 bits per heavy atom. The molecule has 0 spiro atoms. The van der Waals surface area contributed by atoms with Gasteiger partial charge in [-0.05, 0) is 6.42 Å². The van der Waals surface area contributed by atoms with E-state index in [4.69, 9.17) is 10.8 Å². The first kappa shape index (κ1) is 10.9. The van der Waals surface area contributed by atoms with E-state index >= 15 is 0 Å². The molecule has 1 aliphatic rings. The van der Waals surface area contributed by atoms with Crippen LogP contribution in [0, 0.1) is 0 Å². The smallest absolute Gasteiger partial charge is 0.0443 e. The van der Waals surface area contributed by atoms with Crippen molar-refractivity contribution in [2.45, 2.75) is 6.42 Å². The number of aliphatic hydroxyl groups excluding tert-OH is 1. The lowest BCUT2D eigenvalue weighted by Gasteiger charge is -2.34. The van der Waals surface area contributed by atoms with Crippen LogP contribution in [0.1, 0.15) is 6.42 Å². The van der Waals surface area contributed by atoms with Gasteiger partial charge in [0.15, 0.2) is 0 Å². The van der Waals surface area contributed by atoms with E-state index in [-0.39, 0.29) is 0 Å². The van der Waals surface area contributed by atoms with Crippen molar-refractivity contribution in [3.63, 3.8) is 0 Å². The maximum atomic E-state index is 8.68. The highest BCUT2D eigenvalue weighted by Crippen LogP contribution is 2.01. The van der Waals surface area contributed by atoms with Crippen LogP contribution in [-0.4, -0.2) is 67.3 Å². The molecule has 78 valence electrons. The van der Waals surface area contributed by atoms with Crippen LogP contribution in [0.4, 0.5) is 0 Å². The van der Waals surface area contributed by atoms with Gasteiger partial charge < -0.3 is 15.7 Å². The summed E-state index contributed by atoms with van der Waals surface area (Å²) in [6.07, 6.45) is 0.900. The minimum atomic E-state index is 0.309. The van der Waals surface area contributed by atoms with Crippen molar-refractivity contribution in [1.29, 1.82) is 0 Å². The number of hydrogen-bond acceptors (Lipinski definition) is 4. The molecule has 3 N–H and O–H groups in total. The molecule has 0 aromatic carbocycles. The Hall–Kier alpha value is -0.160. The highest BCUT2D eigenvalue weighted by Gasteiger charge is 2.14. The van der Waals surface area contributed by atoms with Crippen molar-refractivity contribution in [2.24, 2.45) is 5.73 Å². The largest absolute Gasteiger partial charge is 0.396 e. The zero-order chi connectivity index (χ0) is 9.52. The zero-order valence-electron chi connectivity index (χ0n) is 8.28. The van der Waals surface area contributed by atoms with Crippen LogP contribution in [0.2, 0.25) is 0 Å². The number of rotatable bonds is 5. The van der Waals surface area contributed by atoms with Gasteiger partial charge in [0.25, 0.3) is 0 Å². The van der Waals surface area contributed by atoms with Crippen LogP contribution in [0.15, 0.2) is 0 Å². The Bertz CT molecular complexity index is 124. The molecule has 1 saturated heterocycles. The maximum absolute atomic E-state index is 8.68. The topological polar surface area (TPSA) is 52.7 Å². The standard InChI is InChI=1S/C9H21N3O/c10-2-4-12-7-5-11(6-8-12)3-1-9-13/h13H,1-10H2. The molecule has 1 rings (SSSR count). The van der Waals surface area contributed by atoms with Crippen molar-refractivity contribution in [3.8, 4) is 0 Å². The molecule has 0 atom stereocenters. The number of hydrogen-bond donors (Lipinski definition) is 2. The van der Waals surface area contributed by atoms with Gasteiger partial charge in [0.2, 0.25) is 0 Å². The maximum Gasteiger partial charge on any atom is 0.0443 e. The van der Waals surface area contributed by atoms with E-state index in [1.165, 1.54) is 0 Å². The van der Waals surface area contributed by atoms with Crippen molar-refractivity contribution < 1.29 is 5.11 Å². The fourth-order valence-corrected chi connectivity index (χ4v) is 1.71. The van der Waals surface area contributed by atoms with Crippen molar-refractivity contribution >= 4 is 0 Å². The summed E-state index contributed by atoms with van der Waals surface area (Å²) < 4.78 is 0. The zero-order valence-corrected chi connectivity index (χ0v) is 8.28. The number of piperazine rings is 1. The second-order valence-electron chi connectivity index (χ2n) is 3.55. The summed E-state index contributed by atoms with van der Waals surface area (Å²) in [7, 11) is 0. The molecule has 0 aromatic heterocycles. The summed E-state index contributed by atoms with van der Waals surface area (Å²) in [5, 5.41) is 8.68. The summed E-state index contributed by atoms with van der Waals surface area (Å²) in [4.78, 5) is 4.80. The lowest BCUT2D eigenvalue weighted by molar-refractivity contribution is 0.127. The van der Waals surface area contributed by atoms with Gasteiger partial charge in [0.1, 0.15) is 0 Å². The van der Waals surface area contributed by atoms with E-state index in [9.17, 15) is 0 Å². The lowest BCUT2D eigenvalue weighted by Crippen LogP contribution is -2.47. The highest BCUT2D eigenvalue weighted by atomic mass is 16.3. The van der Waals surface area contributed by atoms with Gasteiger partial charge in [-0.3, -0.25) is 4.90 Å². The third kappa shape index (κ3) is 4.04. The predicted molar refractivity (Wildman–Crippen MR) is 53.6 cm³/mol. The molecule has 0 amide bonds. The summed E-state index contributed by atoms with van der Waals surface area (Å²) in [5.74, 6) is 0. The number of nitrogens with two attached hydrogens (primary N) is 1. The molecular weight excluding hydrogens is 166 g/mol. The van der Waals surface area contributed by atoms with Gasteiger partial charge in [-0.2, -0.15) is 0 Å². The molecule has 13 heavy (non-hydrogen) atoms. The SMILES string of the molecule is NCCN1CCN(CCCO)CC1. The van der Waals surface area contributed by atoms with E-state index in [0.29, 0.717) is 6.61 Å². The number of aliphatic hydroxyl groups is 1. The average Bonchev–Trinajstić information content (AvgIpc) is 2.17. The van der Waals surface area contributed by atoms with E-state index in [1.807, 2.05) is 0 Å². The second-order valence-corrected chi connectivity index (χ2v) is 3.55. The fraction of sp³-hybridized carbons (Fsp3) is 1.00. The fourth-order valence-electron chi connectivity index (χ4n) is 1.71. The monoisotopic (exact) mass is 187 g/mol. The normalized spacial score (nSPS) is 20.8. The van der Waals surface area contributed by atoms with Crippen LogP contribution in [-0.2, 0) is 0 Å². The predicted octanol–water partition coefficient (Wildman–Crippen LogP) is -1.05. The first-order chi connectivity index (χ1) is 6.36. The Kier molecular flexibility index (Phi) is 5.31. The van der Waals surface area contributed by atoms with E-state index < -0.39 is 0 Å². The number of nitrogens with zero attached hydrogens (tertiary/aromatic N) is 2. The third-order valence-corrected chi connectivity index (χ3v) is 2.54. The second kappa shape index (κ2) is 6.32. The molecule has 4 heteroatoms. The molecule has 0 bridgehead atoms. The molecular formula is C9H21N3O. The molecule has 1 fully saturated rings. The van der Waals surface area contributed by atoms with Gasteiger partial charge in [-0.1, -0.05) is 0 Å². The Morgan fingerprint density at radius 3 is 2.00 bits per heavy atom. The van der Waals surface area contributed by atoms with Gasteiger partial charge in [-0.15, -0.1) is 0 Å². The Labute approximate surface area is 80.3 Å². The lowest BCUT2D eigenvalue weighted by atomic mass is 10.3. The molecule has 0 aromatic rings. The van der Waals surface area contributed by atoms with Crippen molar-refractivity contribution in [2.75, 3.05) is 52.4 Å². The third-order valence-electron chi connectivity index (χ3n) is 2.54. The molecule has 0 unspecified atom stereocenters. The molecule has 0 aliphatic carbocycles. The summed E-state index contributed by atoms with van der Waals surface area (Å²) in [5.41, 5.74) is 5.49. The summed E-state index contributed by atoms with van der Waals surface area (Å²) in [6.45, 7) is 7.63. The van der Waals surface area contributed by atoms with Crippen LogP contribution in [0.25, 0.3) is 0 Å². The minimum Gasteiger partial charge on any atom is -0.396 e. The van der Waals surface area contributed by atoms with Gasteiger partial charge >= 0.3 is 0 Å². The van der Waals surface area contributed by atoms with Gasteiger partial charge in [-0.25, -0.2) is 0 Å². The first-order valence-corrected chi connectivity index (χ1v) is 5.12. The summed E-state index contributed by atoms with van der Waals surface area (Å²) in [6, 6.07) is 0. The highest BCUT2D eigenvalue weighted by molar-refractivity contribution is 4.71. The van der Waals surface area contributed by atoms with Gasteiger partial charge in [0.05, 0.1) is 0 Å². The van der Waals surface area contributed by atoms with E-state index in [2.05, 4.69) is 9.80 Å². The minimum absolute atomic E-state index is 0.309. The van der Waals surface area contributed by atoms with E-state index in [1.54, 1.807) is 0 Å². The Balaban J connectivity index is 2.08. The van der Waals surface area contributed by atoms with Crippen molar-refractivity contribution in [1.82, 2.24) is 9.80 Å². The van der Waals surface area contributed by atoms with Crippen LogP contribution in [0.3, 0.4) is 0 Å². The summed E-state index contributed by atoms with van der Waals surface area (Å²) >= 11 is 0. The quantitative estimate of drug-likeness (QED) is 0.576. The Morgan fingerprint density at radius 2 is 1.54 bits per heavy atom.